The van der Waals surface area contributed by atoms with Crippen LogP contribution in [0.5, 0.6) is 0 Å². The number of fused-ring (bicyclic) bond motifs is 2. The summed E-state index contributed by atoms with van der Waals surface area (Å²) in [4.78, 5) is 0. The van der Waals surface area contributed by atoms with E-state index in [1.165, 1.54) is 0 Å². The summed E-state index contributed by atoms with van der Waals surface area (Å²) >= 11 is 0. The van der Waals surface area contributed by atoms with Gasteiger partial charge in [-0.1, -0.05) is 19.1 Å². The van der Waals surface area contributed by atoms with E-state index in [0.29, 0.717) is 18.0 Å². The highest BCUT2D eigenvalue weighted by molar-refractivity contribution is 5.16. The van der Waals surface area contributed by atoms with Crippen molar-refractivity contribution in [2.45, 2.75) is 31.8 Å². The molecule has 0 radical (unpaired) electrons. The first-order valence-electron chi connectivity index (χ1n) is 4.88. The summed E-state index contributed by atoms with van der Waals surface area (Å²) in [5.41, 5.74) is 0.0897. The van der Waals surface area contributed by atoms with Crippen LogP contribution in [-0.4, -0.2) is 12.1 Å². The highest BCUT2D eigenvalue weighted by Gasteiger charge is 2.48. The minimum Gasteiger partial charge on any atom is -0.190 e. The molecule has 0 aromatic rings. The second-order valence-corrected chi connectivity index (χ2v) is 4.22. The number of hydrogen-bond acceptors (Lipinski definition) is 2. The normalized spacial score (nSPS) is 47.6. The van der Waals surface area contributed by atoms with Gasteiger partial charge in [0.2, 0.25) is 0 Å². The third-order valence-corrected chi connectivity index (χ3v) is 3.63. The quantitative estimate of drug-likeness (QED) is 0.578. The van der Waals surface area contributed by atoms with Gasteiger partial charge < -0.3 is 0 Å². The van der Waals surface area contributed by atoms with Crippen molar-refractivity contribution in [3.8, 4) is 0 Å². The summed E-state index contributed by atoms with van der Waals surface area (Å²) in [6, 6.07) is 0.684. The summed E-state index contributed by atoms with van der Waals surface area (Å²) < 4.78 is 0. The maximum absolute atomic E-state index is 4.33. The van der Waals surface area contributed by atoms with E-state index in [-0.39, 0.29) is 5.41 Å². The third-order valence-electron chi connectivity index (χ3n) is 3.63. The maximum atomic E-state index is 4.33. The van der Waals surface area contributed by atoms with Gasteiger partial charge in [0.1, 0.15) is 0 Å². The van der Waals surface area contributed by atoms with Crippen LogP contribution in [0, 0.1) is 11.3 Å². The molecule has 0 unspecified atom stereocenters. The fourth-order valence-corrected chi connectivity index (χ4v) is 2.62. The van der Waals surface area contributed by atoms with Crippen molar-refractivity contribution in [3.63, 3.8) is 0 Å². The molecular weight excluding hydrogens is 160 g/mol. The molecule has 2 aliphatic heterocycles. The second kappa shape index (κ2) is 2.79. The molecule has 1 aliphatic carbocycles. The average molecular weight is 176 g/mol. The first-order chi connectivity index (χ1) is 6.22. The summed E-state index contributed by atoms with van der Waals surface area (Å²) in [5, 5.41) is 8.63. The molecule has 3 rings (SSSR count). The Kier molecular flexibility index (Phi) is 1.86. The van der Waals surface area contributed by atoms with Gasteiger partial charge in [-0.25, -0.2) is 0 Å². The lowest BCUT2D eigenvalue weighted by atomic mass is 9.62. The van der Waals surface area contributed by atoms with E-state index < -0.39 is 0 Å². The van der Waals surface area contributed by atoms with Crippen LogP contribution in [0.15, 0.2) is 35.5 Å². The zero-order valence-corrected chi connectivity index (χ0v) is 8.11. The molecule has 0 amide bonds. The van der Waals surface area contributed by atoms with Gasteiger partial charge in [-0.05, 0) is 12.8 Å². The van der Waals surface area contributed by atoms with Gasteiger partial charge in [0.15, 0.2) is 0 Å². The Labute approximate surface area is 79.4 Å². The molecule has 1 saturated carbocycles. The fourth-order valence-electron chi connectivity index (χ4n) is 2.62. The number of hydrogen-bond donors (Lipinski definition) is 0. The van der Waals surface area contributed by atoms with Crippen LogP contribution in [0.4, 0.5) is 0 Å². The fraction of sp³-hybridized carbons (Fsp3) is 0.636. The minimum absolute atomic E-state index is 0.0897. The van der Waals surface area contributed by atoms with Crippen LogP contribution in [-0.2, 0) is 0 Å². The Bertz CT molecular complexity index is 269. The predicted octanol–water partition coefficient (Wildman–Crippen LogP) is 2.98. The highest BCUT2D eigenvalue weighted by atomic mass is 15.2. The molecule has 2 nitrogen and oxygen atoms in total. The molecule has 1 fully saturated rings. The first-order valence-corrected chi connectivity index (χ1v) is 4.88. The maximum Gasteiger partial charge on any atom is 0.0803 e. The van der Waals surface area contributed by atoms with Crippen molar-refractivity contribution >= 4 is 0 Å². The summed E-state index contributed by atoms with van der Waals surface area (Å²) in [5.74, 6) is 0.432. The van der Waals surface area contributed by atoms with Crippen LogP contribution in [0.3, 0.4) is 0 Å². The molecule has 0 spiro atoms. The second-order valence-electron chi connectivity index (χ2n) is 4.22. The van der Waals surface area contributed by atoms with Crippen LogP contribution < -0.4 is 0 Å². The molecule has 0 N–H and O–H groups in total. The zero-order valence-electron chi connectivity index (χ0n) is 8.11. The molecule has 2 bridgehead atoms. The van der Waals surface area contributed by atoms with Crippen LogP contribution in [0.25, 0.3) is 0 Å². The summed E-state index contributed by atoms with van der Waals surface area (Å²) in [6.45, 7) is 10.0. The van der Waals surface area contributed by atoms with Gasteiger partial charge in [0, 0.05) is 11.3 Å². The lowest BCUT2D eigenvalue weighted by Crippen LogP contribution is -2.48. The van der Waals surface area contributed by atoms with Crippen molar-refractivity contribution < 1.29 is 0 Å². The molecule has 4 atom stereocenters. The SMILES string of the molecule is C=C[C@H]1[C@H]2CC[C@H](N=N2)[C@@]1(C)C=C. The van der Waals surface area contributed by atoms with Gasteiger partial charge in [0.25, 0.3) is 0 Å². The van der Waals surface area contributed by atoms with E-state index in [0.717, 1.165) is 12.8 Å². The van der Waals surface area contributed by atoms with Crippen molar-refractivity contribution in [1.82, 2.24) is 0 Å². The number of azo groups is 1. The molecule has 0 aromatic heterocycles. The van der Waals surface area contributed by atoms with Crippen LogP contribution >= 0.6 is 0 Å². The van der Waals surface area contributed by atoms with Gasteiger partial charge in [-0.15, -0.1) is 13.2 Å². The molecule has 70 valence electrons. The van der Waals surface area contributed by atoms with Crippen LogP contribution in [0.1, 0.15) is 19.8 Å². The standard InChI is InChI=1S/C11H16N2/c1-4-8-9-6-7-10(13-12-9)11(8,3)5-2/h4-5,8-10H,1-2,6-7H2,3H3/t8-,9+,10-,11-/m0/s1. The number of rotatable bonds is 2. The first kappa shape index (κ1) is 8.67. The zero-order chi connectivity index (χ0) is 9.47. The van der Waals surface area contributed by atoms with Crippen molar-refractivity contribution in [3.05, 3.63) is 25.3 Å². The third kappa shape index (κ3) is 1.01. The van der Waals surface area contributed by atoms with E-state index in [9.17, 15) is 0 Å². The molecule has 3 aliphatic rings. The van der Waals surface area contributed by atoms with Crippen molar-refractivity contribution in [2.75, 3.05) is 0 Å². The van der Waals surface area contributed by atoms with E-state index in [4.69, 9.17) is 0 Å². The van der Waals surface area contributed by atoms with E-state index >= 15 is 0 Å². The Balaban J connectivity index is 2.41. The van der Waals surface area contributed by atoms with Crippen LogP contribution in [0.2, 0.25) is 0 Å². The summed E-state index contributed by atoms with van der Waals surface area (Å²) in [7, 11) is 0. The Morgan fingerprint density at radius 1 is 1.31 bits per heavy atom. The molecular formula is C11H16N2. The number of nitrogens with zero attached hydrogens (tertiary/aromatic N) is 2. The Morgan fingerprint density at radius 3 is 2.46 bits per heavy atom. The van der Waals surface area contributed by atoms with E-state index in [1.807, 2.05) is 12.2 Å². The van der Waals surface area contributed by atoms with Gasteiger partial charge in [-0.2, -0.15) is 10.2 Å². The van der Waals surface area contributed by atoms with Crippen molar-refractivity contribution in [1.29, 1.82) is 0 Å². The molecule has 2 heterocycles. The Hall–Kier alpha value is -0.920. The smallest absolute Gasteiger partial charge is 0.0803 e. The molecule has 2 heteroatoms. The van der Waals surface area contributed by atoms with E-state index in [1.54, 1.807) is 0 Å². The minimum atomic E-state index is 0.0897. The summed E-state index contributed by atoms with van der Waals surface area (Å²) in [6.07, 6.45) is 6.38. The van der Waals surface area contributed by atoms with Gasteiger partial charge >= 0.3 is 0 Å². The molecule has 0 saturated heterocycles. The van der Waals surface area contributed by atoms with Crippen molar-refractivity contribution in [2.24, 2.45) is 21.6 Å². The highest BCUT2D eigenvalue weighted by Crippen LogP contribution is 2.48. The molecule has 13 heavy (non-hydrogen) atoms. The average Bonchev–Trinajstić information content (AvgIpc) is 2.19. The van der Waals surface area contributed by atoms with Gasteiger partial charge in [-0.3, -0.25) is 0 Å². The van der Waals surface area contributed by atoms with Gasteiger partial charge in [0.05, 0.1) is 12.1 Å². The molecule has 0 aromatic carbocycles. The van der Waals surface area contributed by atoms with E-state index in [2.05, 4.69) is 30.3 Å². The lowest BCUT2D eigenvalue weighted by molar-refractivity contribution is 0.115. The largest absolute Gasteiger partial charge is 0.190 e. The monoisotopic (exact) mass is 176 g/mol. The lowest BCUT2D eigenvalue weighted by Gasteiger charge is -2.48. The Morgan fingerprint density at radius 2 is 2.08 bits per heavy atom. The topological polar surface area (TPSA) is 24.7 Å². The predicted molar refractivity (Wildman–Crippen MR) is 53.7 cm³/mol.